The van der Waals surface area contributed by atoms with E-state index >= 15 is 0 Å². The molecular weight excluding hydrogens is 279 g/mol. The van der Waals surface area contributed by atoms with Crippen LogP contribution in [0, 0.1) is 12.7 Å². The van der Waals surface area contributed by atoms with E-state index in [2.05, 4.69) is 0 Å². The van der Waals surface area contributed by atoms with Crippen LogP contribution in [0.4, 0.5) is 4.39 Å². The van der Waals surface area contributed by atoms with Crippen molar-refractivity contribution in [3.8, 4) is 0 Å². The molecule has 0 bridgehead atoms. The third-order valence-electron chi connectivity index (χ3n) is 3.30. The molecule has 0 fully saturated rings. The first-order valence-corrected chi connectivity index (χ1v) is 6.56. The molecule has 1 atom stereocenters. The highest BCUT2D eigenvalue weighted by molar-refractivity contribution is 6.34. The molecule has 2 aromatic carbocycles. The van der Waals surface area contributed by atoms with E-state index in [0.717, 1.165) is 5.39 Å². The van der Waals surface area contributed by atoms with Gasteiger partial charge in [0.25, 0.3) is 0 Å². The fourth-order valence-corrected chi connectivity index (χ4v) is 2.35. The molecule has 102 valence electrons. The molecule has 3 rings (SSSR count). The van der Waals surface area contributed by atoms with Gasteiger partial charge in [0, 0.05) is 5.39 Å². The van der Waals surface area contributed by atoms with E-state index in [1.807, 2.05) is 12.1 Å². The van der Waals surface area contributed by atoms with Crippen LogP contribution in [0.3, 0.4) is 0 Å². The fraction of sp³-hybridized carbons (Fsp3) is 0.125. The Balaban J connectivity index is 2.05. The highest BCUT2D eigenvalue weighted by Gasteiger charge is 2.17. The standard InChI is InChI=1S/C16H12ClFO2/c1-9-5-6-10(7-13(9)18)15(19)14-8-11-3-2-4-12(17)16(11)20-14/h2-8,15,19H,1H3. The molecule has 0 saturated carbocycles. The molecule has 0 amide bonds. The molecule has 1 N–H and O–H groups in total. The highest BCUT2D eigenvalue weighted by atomic mass is 35.5. The molecular formula is C16H12ClFO2. The first kappa shape index (κ1) is 13.2. The minimum absolute atomic E-state index is 0.344. The van der Waals surface area contributed by atoms with Gasteiger partial charge >= 0.3 is 0 Å². The Bertz CT molecular complexity index is 779. The van der Waals surface area contributed by atoms with Crippen molar-refractivity contribution in [2.75, 3.05) is 0 Å². The maximum absolute atomic E-state index is 13.6. The number of aryl methyl sites for hydroxylation is 1. The summed E-state index contributed by atoms with van der Waals surface area (Å²) in [5, 5.41) is 11.6. The Morgan fingerprint density at radius 3 is 2.70 bits per heavy atom. The molecule has 0 spiro atoms. The van der Waals surface area contributed by atoms with Crippen LogP contribution >= 0.6 is 11.6 Å². The summed E-state index contributed by atoms with van der Waals surface area (Å²) in [6.07, 6.45) is -1.02. The maximum Gasteiger partial charge on any atom is 0.153 e. The predicted molar refractivity (Wildman–Crippen MR) is 76.4 cm³/mol. The minimum atomic E-state index is -1.02. The van der Waals surface area contributed by atoms with Crippen LogP contribution < -0.4 is 0 Å². The second kappa shape index (κ2) is 4.93. The molecule has 0 aliphatic carbocycles. The average Bonchev–Trinajstić information content (AvgIpc) is 2.86. The van der Waals surface area contributed by atoms with E-state index in [9.17, 15) is 9.50 Å². The van der Waals surface area contributed by atoms with Gasteiger partial charge in [0.2, 0.25) is 0 Å². The lowest BCUT2D eigenvalue weighted by atomic mass is 10.0. The van der Waals surface area contributed by atoms with Crippen molar-refractivity contribution >= 4 is 22.6 Å². The van der Waals surface area contributed by atoms with Gasteiger partial charge in [0.05, 0.1) is 5.02 Å². The van der Waals surface area contributed by atoms with Gasteiger partial charge in [0.1, 0.15) is 17.7 Å². The number of benzene rings is 2. The molecule has 0 radical (unpaired) electrons. The lowest BCUT2D eigenvalue weighted by molar-refractivity contribution is 0.192. The van der Waals surface area contributed by atoms with Crippen LogP contribution in [-0.2, 0) is 0 Å². The summed E-state index contributed by atoms with van der Waals surface area (Å²) in [4.78, 5) is 0. The van der Waals surface area contributed by atoms with Crippen LogP contribution in [-0.4, -0.2) is 5.11 Å². The van der Waals surface area contributed by atoms with Gasteiger partial charge in [-0.25, -0.2) is 4.39 Å². The minimum Gasteiger partial charge on any atom is -0.456 e. The van der Waals surface area contributed by atoms with Gasteiger partial charge in [-0.05, 0) is 36.2 Å². The quantitative estimate of drug-likeness (QED) is 0.747. The molecule has 4 heteroatoms. The Morgan fingerprint density at radius 1 is 1.20 bits per heavy atom. The summed E-state index contributed by atoms with van der Waals surface area (Å²) in [5.41, 5.74) is 1.51. The smallest absolute Gasteiger partial charge is 0.153 e. The van der Waals surface area contributed by atoms with Crippen molar-refractivity contribution in [1.82, 2.24) is 0 Å². The average molecular weight is 291 g/mol. The maximum atomic E-state index is 13.6. The van der Waals surface area contributed by atoms with Gasteiger partial charge < -0.3 is 9.52 Å². The number of hydrogen-bond donors (Lipinski definition) is 1. The number of furan rings is 1. The summed E-state index contributed by atoms with van der Waals surface area (Å²) >= 11 is 6.03. The molecule has 3 aromatic rings. The van der Waals surface area contributed by atoms with Crippen LogP contribution in [0.15, 0.2) is 46.9 Å². The van der Waals surface area contributed by atoms with Gasteiger partial charge in [-0.3, -0.25) is 0 Å². The van der Waals surface area contributed by atoms with Crippen molar-refractivity contribution in [2.45, 2.75) is 13.0 Å². The number of fused-ring (bicyclic) bond motifs is 1. The van der Waals surface area contributed by atoms with E-state index in [0.29, 0.717) is 27.5 Å². The van der Waals surface area contributed by atoms with E-state index in [1.165, 1.54) is 6.07 Å². The van der Waals surface area contributed by atoms with Crippen molar-refractivity contribution in [2.24, 2.45) is 0 Å². The van der Waals surface area contributed by atoms with Gasteiger partial charge in [-0.1, -0.05) is 35.9 Å². The molecule has 0 aliphatic rings. The van der Waals surface area contributed by atoms with Crippen LogP contribution in [0.25, 0.3) is 11.0 Å². The lowest BCUT2D eigenvalue weighted by Crippen LogP contribution is -1.99. The fourth-order valence-electron chi connectivity index (χ4n) is 2.13. The molecule has 20 heavy (non-hydrogen) atoms. The van der Waals surface area contributed by atoms with E-state index < -0.39 is 6.10 Å². The summed E-state index contributed by atoms with van der Waals surface area (Å²) < 4.78 is 19.1. The van der Waals surface area contributed by atoms with Gasteiger partial charge in [-0.2, -0.15) is 0 Å². The topological polar surface area (TPSA) is 33.4 Å². The molecule has 0 saturated heterocycles. The van der Waals surface area contributed by atoms with Gasteiger partial charge in [0.15, 0.2) is 5.58 Å². The number of halogens is 2. The monoisotopic (exact) mass is 290 g/mol. The molecule has 1 unspecified atom stereocenters. The van der Waals surface area contributed by atoms with E-state index in [1.54, 1.807) is 31.2 Å². The van der Waals surface area contributed by atoms with Crippen LogP contribution in [0.5, 0.6) is 0 Å². The molecule has 1 aromatic heterocycles. The SMILES string of the molecule is Cc1ccc(C(O)c2cc3cccc(Cl)c3o2)cc1F. The second-order valence-electron chi connectivity index (χ2n) is 4.72. The predicted octanol–water partition coefficient (Wildman–Crippen LogP) is 4.62. The first-order valence-electron chi connectivity index (χ1n) is 6.18. The number of para-hydroxylation sites is 1. The Hall–Kier alpha value is -1.84. The Kier molecular flexibility index (Phi) is 3.24. The van der Waals surface area contributed by atoms with Crippen molar-refractivity contribution in [3.63, 3.8) is 0 Å². The van der Waals surface area contributed by atoms with Crippen molar-refractivity contribution in [1.29, 1.82) is 0 Å². The van der Waals surface area contributed by atoms with Crippen molar-refractivity contribution < 1.29 is 13.9 Å². The van der Waals surface area contributed by atoms with E-state index in [4.69, 9.17) is 16.0 Å². The highest BCUT2D eigenvalue weighted by Crippen LogP contribution is 2.32. The van der Waals surface area contributed by atoms with Gasteiger partial charge in [-0.15, -0.1) is 0 Å². The number of rotatable bonds is 2. The third kappa shape index (κ3) is 2.19. The molecule has 1 heterocycles. The number of aliphatic hydroxyl groups is 1. The lowest BCUT2D eigenvalue weighted by Gasteiger charge is -2.08. The zero-order valence-corrected chi connectivity index (χ0v) is 11.5. The van der Waals surface area contributed by atoms with Crippen LogP contribution in [0.2, 0.25) is 5.02 Å². The van der Waals surface area contributed by atoms with E-state index in [-0.39, 0.29) is 5.82 Å². The summed E-state index contributed by atoms with van der Waals surface area (Å²) in [7, 11) is 0. The zero-order chi connectivity index (χ0) is 14.3. The normalized spacial score (nSPS) is 12.8. The summed E-state index contributed by atoms with van der Waals surface area (Å²) in [6, 6.07) is 11.7. The Labute approximate surface area is 120 Å². The molecule has 2 nitrogen and oxygen atoms in total. The first-order chi connectivity index (χ1) is 9.56. The summed E-state index contributed by atoms with van der Waals surface area (Å²) in [5.74, 6) is -0.00736. The Morgan fingerprint density at radius 2 is 2.00 bits per heavy atom. The second-order valence-corrected chi connectivity index (χ2v) is 5.13. The zero-order valence-electron chi connectivity index (χ0n) is 10.7. The number of hydrogen-bond acceptors (Lipinski definition) is 2. The summed E-state index contributed by atoms with van der Waals surface area (Å²) in [6.45, 7) is 1.67. The van der Waals surface area contributed by atoms with Crippen molar-refractivity contribution in [3.05, 3.63) is 70.2 Å². The van der Waals surface area contributed by atoms with Crippen LogP contribution in [0.1, 0.15) is 23.0 Å². The molecule has 0 aliphatic heterocycles. The number of aliphatic hydroxyl groups excluding tert-OH is 1. The third-order valence-corrected chi connectivity index (χ3v) is 3.59. The largest absolute Gasteiger partial charge is 0.456 e.